The molecule has 0 bridgehead atoms. The van der Waals surface area contributed by atoms with Crippen molar-refractivity contribution in [2.75, 3.05) is 6.61 Å². The molecule has 0 saturated carbocycles. The van der Waals surface area contributed by atoms with E-state index in [1.165, 1.54) is 32.1 Å². The highest BCUT2D eigenvalue weighted by Gasteiger charge is 2.26. The Kier molecular flexibility index (Phi) is 5.49. The third kappa shape index (κ3) is 3.97. The quantitative estimate of drug-likeness (QED) is 0.668. The third-order valence-electron chi connectivity index (χ3n) is 3.23. The first kappa shape index (κ1) is 12.0. The molecule has 0 radical (unpaired) electrons. The molecular formula is C12H25NO. The Morgan fingerprint density at radius 1 is 1.36 bits per heavy atom. The second-order valence-corrected chi connectivity index (χ2v) is 4.65. The van der Waals surface area contributed by atoms with Gasteiger partial charge in [0.05, 0.1) is 12.7 Å². The van der Waals surface area contributed by atoms with Crippen LogP contribution in [0.4, 0.5) is 0 Å². The fourth-order valence-electron chi connectivity index (χ4n) is 2.19. The van der Waals surface area contributed by atoms with Crippen LogP contribution in [-0.4, -0.2) is 18.8 Å². The maximum Gasteiger partial charge on any atom is 0.0551 e. The molecule has 84 valence electrons. The molecule has 0 aromatic heterocycles. The van der Waals surface area contributed by atoms with E-state index < -0.39 is 0 Å². The largest absolute Gasteiger partial charge is 0.378 e. The van der Waals surface area contributed by atoms with E-state index in [4.69, 9.17) is 10.5 Å². The van der Waals surface area contributed by atoms with Crippen LogP contribution in [0.15, 0.2) is 0 Å². The Labute approximate surface area is 88.2 Å². The van der Waals surface area contributed by atoms with Crippen molar-refractivity contribution in [1.29, 1.82) is 0 Å². The van der Waals surface area contributed by atoms with Gasteiger partial charge in [0.2, 0.25) is 0 Å². The maximum absolute atomic E-state index is 6.14. The highest BCUT2D eigenvalue weighted by atomic mass is 16.5. The summed E-state index contributed by atoms with van der Waals surface area (Å²) in [7, 11) is 0. The second-order valence-electron chi connectivity index (χ2n) is 4.65. The maximum atomic E-state index is 6.14. The number of nitrogens with two attached hydrogens (primary N) is 1. The molecular weight excluding hydrogens is 174 g/mol. The van der Waals surface area contributed by atoms with Gasteiger partial charge in [0.25, 0.3) is 0 Å². The molecule has 1 aliphatic heterocycles. The molecule has 0 aromatic rings. The highest BCUT2D eigenvalue weighted by Crippen LogP contribution is 2.23. The van der Waals surface area contributed by atoms with E-state index in [2.05, 4.69) is 13.8 Å². The SMILES string of the molecule is CCCCCCC(N)C1COC(C)C1. The Morgan fingerprint density at radius 3 is 2.71 bits per heavy atom. The first-order valence-electron chi connectivity index (χ1n) is 6.11. The van der Waals surface area contributed by atoms with E-state index in [0.717, 1.165) is 13.0 Å². The zero-order valence-corrected chi connectivity index (χ0v) is 9.67. The van der Waals surface area contributed by atoms with E-state index in [1.807, 2.05) is 0 Å². The molecule has 0 amide bonds. The molecule has 3 atom stereocenters. The smallest absolute Gasteiger partial charge is 0.0551 e. The molecule has 0 aliphatic carbocycles. The van der Waals surface area contributed by atoms with Crippen LogP contribution in [-0.2, 0) is 4.74 Å². The van der Waals surface area contributed by atoms with Gasteiger partial charge >= 0.3 is 0 Å². The summed E-state index contributed by atoms with van der Waals surface area (Å²) in [5.74, 6) is 0.617. The van der Waals surface area contributed by atoms with Gasteiger partial charge in [-0.3, -0.25) is 0 Å². The van der Waals surface area contributed by atoms with E-state index in [-0.39, 0.29) is 0 Å². The van der Waals surface area contributed by atoms with Gasteiger partial charge in [-0.05, 0) is 25.7 Å². The standard InChI is InChI=1S/C12H25NO/c1-3-4-5-6-7-12(13)11-8-10(2)14-9-11/h10-12H,3-9,13H2,1-2H3. The lowest BCUT2D eigenvalue weighted by Gasteiger charge is -2.17. The van der Waals surface area contributed by atoms with Crippen molar-refractivity contribution in [1.82, 2.24) is 0 Å². The molecule has 1 heterocycles. The van der Waals surface area contributed by atoms with Crippen LogP contribution in [0, 0.1) is 5.92 Å². The minimum absolute atomic E-state index is 0.372. The van der Waals surface area contributed by atoms with Crippen LogP contribution < -0.4 is 5.73 Å². The highest BCUT2D eigenvalue weighted by molar-refractivity contribution is 4.79. The molecule has 2 heteroatoms. The molecule has 14 heavy (non-hydrogen) atoms. The van der Waals surface area contributed by atoms with Crippen LogP contribution in [0.1, 0.15) is 52.4 Å². The number of unbranched alkanes of at least 4 members (excludes halogenated alkanes) is 3. The van der Waals surface area contributed by atoms with Crippen LogP contribution in [0.25, 0.3) is 0 Å². The molecule has 2 N–H and O–H groups in total. The summed E-state index contributed by atoms with van der Waals surface area (Å²) in [5.41, 5.74) is 6.14. The summed E-state index contributed by atoms with van der Waals surface area (Å²) in [6.45, 7) is 5.27. The first-order valence-corrected chi connectivity index (χ1v) is 6.11. The lowest BCUT2D eigenvalue weighted by atomic mass is 9.93. The summed E-state index contributed by atoms with van der Waals surface area (Å²) in [6.07, 6.45) is 8.06. The van der Waals surface area contributed by atoms with Gasteiger partial charge < -0.3 is 10.5 Å². The van der Waals surface area contributed by atoms with Crippen molar-refractivity contribution < 1.29 is 4.74 Å². The lowest BCUT2D eigenvalue weighted by molar-refractivity contribution is 0.118. The van der Waals surface area contributed by atoms with Crippen LogP contribution >= 0.6 is 0 Å². The molecule has 1 fully saturated rings. The van der Waals surface area contributed by atoms with Gasteiger partial charge in [-0.2, -0.15) is 0 Å². The second kappa shape index (κ2) is 6.41. The van der Waals surface area contributed by atoms with Gasteiger partial charge in [0.15, 0.2) is 0 Å². The van der Waals surface area contributed by atoms with Crippen LogP contribution in [0.5, 0.6) is 0 Å². The number of hydrogen-bond donors (Lipinski definition) is 1. The third-order valence-corrected chi connectivity index (χ3v) is 3.23. The fraction of sp³-hybridized carbons (Fsp3) is 1.00. The average Bonchev–Trinajstić information content (AvgIpc) is 2.59. The summed E-state index contributed by atoms with van der Waals surface area (Å²) in [4.78, 5) is 0. The van der Waals surface area contributed by atoms with Gasteiger partial charge in [0, 0.05) is 6.04 Å². The van der Waals surface area contributed by atoms with E-state index in [1.54, 1.807) is 0 Å². The number of hydrogen-bond acceptors (Lipinski definition) is 2. The van der Waals surface area contributed by atoms with Crippen molar-refractivity contribution in [2.24, 2.45) is 11.7 Å². The summed E-state index contributed by atoms with van der Waals surface area (Å²) >= 11 is 0. The molecule has 3 unspecified atom stereocenters. The fourth-order valence-corrected chi connectivity index (χ4v) is 2.19. The van der Waals surface area contributed by atoms with Crippen molar-refractivity contribution >= 4 is 0 Å². The van der Waals surface area contributed by atoms with Crippen molar-refractivity contribution in [3.8, 4) is 0 Å². The topological polar surface area (TPSA) is 35.2 Å². The van der Waals surface area contributed by atoms with Gasteiger partial charge in [-0.1, -0.05) is 32.6 Å². The van der Waals surface area contributed by atoms with Gasteiger partial charge in [-0.15, -0.1) is 0 Å². The Morgan fingerprint density at radius 2 is 2.14 bits per heavy atom. The minimum atomic E-state index is 0.372. The molecule has 1 saturated heterocycles. The van der Waals surface area contributed by atoms with Crippen molar-refractivity contribution in [3.63, 3.8) is 0 Å². The first-order chi connectivity index (χ1) is 6.74. The van der Waals surface area contributed by atoms with Crippen molar-refractivity contribution in [3.05, 3.63) is 0 Å². The zero-order chi connectivity index (χ0) is 10.4. The van der Waals surface area contributed by atoms with Gasteiger partial charge in [-0.25, -0.2) is 0 Å². The molecule has 2 nitrogen and oxygen atoms in total. The summed E-state index contributed by atoms with van der Waals surface area (Å²) in [6, 6.07) is 0.372. The average molecular weight is 199 g/mol. The zero-order valence-electron chi connectivity index (χ0n) is 9.67. The molecule has 1 rings (SSSR count). The predicted molar refractivity (Wildman–Crippen MR) is 60.3 cm³/mol. The monoisotopic (exact) mass is 199 g/mol. The lowest BCUT2D eigenvalue weighted by Crippen LogP contribution is -2.30. The molecule has 1 aliphatic rings. The van der Waals surface area contributed by atoms with E-state index in [9.17, 15) is 0 Å². The van der Waals surface area contributed by atoms with Gasteiger partial charge in [0.1, 0.15) is 0 Å². The van der Waals surface area contributed by atoms with E-state index in [0.29, 0.717) is 18.1 Å². The Bertz CT molecular complexity index is 149. The number of ether oxygens (including phenoxy) is 1. The molecule has 0 aromatic carbocycles. The van der Waals surface area contributed by atoms with Crippen LogP contribution in [0.2, 0.25) is 0 Å². The summed E-state index contributed by atoms with van der Waals surface area (Å²) < 4.78 is 5.53. The normalized spacial score (nSPS) is 29.4. The Hall–Kier alpha value is -0.0800. The summed E-state index contributed by atoms with van der Waals surface area (Å²) in [5, 5.41) is 0. The van der Waals surface area contributed by atoms with Crippen LogP contribution in [0.3, 0.4) is 0 Å². The molecule has 0 spiro atoms. The number of rotatable bonds is 6. The van der Waals surface area contributed by atoms with E-state index >= 15 is 0 Å². The Balaban J connectivity index is 2.06. The minimum Gasteiger partial charge on any atom is -0.378 e. The van der Waals surface area contributed by atoms with Crippen molar-refractivity contribution in [2.45, 2.75) is 64.5 Å². The predicted octanol–water partition coefficient (Wildman–Crippen LogP) is 2.71.